The Kier molecular flexibility index (Phi) is 21.0. The summed E-state index contributed by atoms with van der Waals surface area (Å²) in [6.07, 6.45) is 21.6. The van der Waals surface area contributed by atoms with E-state index < -0.39 is 0 Å². The van der Waals surface area contributed by atoms with E-state index in [0.29, 0.717) is 6.54 Å². The molecule has 0 fully saturated rings. The molecular weight excluding hydrogens is 308 g/mol. The minimum absolute atomic E-state index is 0.144. The van der Waals surface area contributed by atoms with Crippen LogP contribution in [0.5, 0.6) is 0 Å². The molecule has 0 heterocycles. The minimum Gasteiger partial charge on any atom is -0.355 e. The van der Waals surface area contributed by atoms with Gasteiger partial charge in [0.2, 0.25) is 5.91 Å². The third-order valence-electron chi connectivity index (χ3n) is 4.85. The number of nitrogens with one attached hydrogen (secondary N) is 2. The van der Waals surface area contributed by atoms with Crippen LogP contribution < -0.4 is 10.6 Å². The number of carbonyl (C=O) groups is 1. The number of rotatable bonds is 20. The molecule has 3 heteroatoms. The summed E-state index contributed by atoms with van der Waals surface area (Å²) in [4.78, 5) is 11.6. The molecule has 0 bridgehead atoms. The Morgan fingerprint density at radius 3 is 1.48 bits per heavy atom. The molecule has 3 nitrogen and oxygen atoms in total. The highest BCUT2D eigenvalue weighted by Gasteiger charge is 1.99. The molecule has 0 saturated heterocycles. The van der Waals surface area contributed by atoms with Gasteiger partial charge in [-0.15, -0.1) is 0 Å². The van der Waals surface area contributed by atoms with E-state index in [4.69, 9.17) is 0 Å². The van der Waals surface area contributed by atoms with E-state index in [9.17, 15) is 4.79 Å². The van der Waals surface area contributed by atoms with Crippen LogP contribution in [0.3, 0.4) is 0 Å². The summed E-state index contributed by atoms with van der Waals surface area (Å²) in [6.45, 7) is 6.70. The van der Waals surface area contributed by atoms with Gasteiger partial charge in [0.15, 0.2) is 0 Å². The highest BCUT2D eigenvalue weighted by atomic mass is 16.1. The van der Waals surface area contributed by atoms with E-state index in [1.54, 1.807) is 0 Å². The first-order valence-electron chi connectivity index (χ1n) is 11.3. The maximum Gasteiger partial charge on any atom is 0.233 e. The summed E-state index contributed by atoms with van der Waals surface area (Å²) in [6, 6.07) is 0. The van der Waals surface area contributed by atoms with Gasteiger partial charge in [0, 0.05) is 6.54 Å². The standard InChI is InChI=1S/C22H46N2O/c1-3-5-7-8-9-10-11-12-13-14-15-16-17-18-20-24-22(25)21-23-19-6-4-2/h23H,3-21H2,1-2H3,(H,24,25). The van der Waals surface area contributed by atoms with Gasteiger partial charge in [-0.25, -0.2) is 0 Å². The van der Waals surface area contributed by atoms with Gasteiger partial charge in [-0.1, -0.05) is 104 Å². The number of hydrogen-bond donors (Lipinski definition) is 2. The Bertz CT molecular complexity index is 269. The van der Waals surface area contributed by atoms with Gasteiger partial charge in [-0.3, -0.25) is 4.79 Å². The number of carbonyl (C=O) groups excluding carboxylic acids is 1. The number of unbranched alkanes of at least 4 members (excludes halogenated alkanes) is 14. The molecule has 1 amide bonds. The number of amides is 1. The van der Waals surface area contributed by atoms with Crippen LogP contribution in [0.25, 0.3) is 0 Å². The summed E-state index contributed by atoms with van der Waals surface area (Å²) < 4.78 is 0. The van der Waals surface area contributed by atoms with Crippen molar-refractivity contribution >= 4 is 5.91 Å². The Labute approximate surface area is 158 Å². The first kappa shape index (κ1) is 24.4. The lowest BCUT2D eigenvalue weighted by molar-refractivity contribution is -0.120. The number of hydrogen-bond acceptors (Lipinski definition) is 2. The molecule has 0 spiro atoms. The Hall–Kier alpha value is -0.570. The second kappa shape index (κ2) is 21.5. The van der Waals surface area contributed by atoms with Crippen LogP contribution in [0.15, 0.2) is 0 Å². The van der Waals surface area contributed by atoms with Gasteiger partial charge in [0.05, 0.1) is 6.54 Å². The molecule has 25 heavy (non-hydrogen) atoms. The fourth-order valence-electron chi connectivity index (χ4n) is 3.11. The maximum atomic E-state index is 11.6. The van der Waals surface area contributed by atoms with Gasteiger partial charge >= 0.3 is 0 Å². The van der Waals surface area contributed by atoms with E-state index in [0.717, 1.165) is 25.9 Å². The molecule has 0 radical (unpaired) electrons. The first-order valence-corrected chi connectivity index (χ1v) is 11.3. The van der Waals surface area contributed by atoms with Crippen molar-refractivity contribution in [3.63, 3.8) is 0 Å². The van der Waals surface area contributed by atoms with Gasteiger partial charge < -0.3 is 10.6 Å². The molecule has 0 aliphatic carbocycles. The van der Waals surface area contributed by atoms with Gasteiger partial charge in [-0.2, -0.15) is 0 Å². The molecule has 0 atom stereocenters. The van der Waals surface area contributed by atoms with Crippen molar-refractivity contribution in [2.75, 3.05) is 19.6 Å². The third kappa shape index (κ3) is 21.4. The summed E-state index contributed by atoms with van der Waals surface area (Å²) >= 11 is 0. The van der Waals surface area contributed by atoms with Crippen LogP contribution in [0.4, 0.5) is 0 Å². The van der Waals surface area contributed by atoms with Crippen LogP contribution >= 0.6 is 0 Å². The average Bonchev–Trinajstić information content (AvgIpc) is 2.62. The smallest absolute Gasteiger partial charge is 0.233 e. The minimum atomic E-state index is 0.144. The van der Waals surface area contributed by atoms with Crippen molar-refractivity contribution < 1.29 is 4.79 Å². The molecule has 150 valence electrons. The van der Waals surface area contributed by atoms with Crippen molar-refractivity contribution in [2.45, 2.75) is 117 Å². The molecular formula is C22H46N2O. The van der Waals surface area contributed by atoms with E-state index in [1.807, 2.05) is 0 Å². The van der Waals surface area contributed by atoms with Crippen LogP contribution in [0, 0.1) is 0 Å². The monoisotopic (exact) mass is 354 g/mol. The van der Waals surface area contributed by atoms with E-state index in [2.05, 4.69) is 24.5 Å². The molecule has 2 N–H and O–H groups in total. The second-order valence-corrected chi connectivity index (χ2v) is 7.48. The molecule has 0 rings (SSSR count). The van der Waals surface area contributed by atoms with E-state index in [1.165, 1.54) is 89.9 Å². The predicted octanol–water partition coefficient (Wildman–Crippen LogP) is 5.97. The lowest BCUT2D eigenvalue weighted by Crippen LogP contribution is -2.34. The topological polar surface area (TPSA) is 41.1 Å². The van der Waals surface area contributed by atoms with E-state index in [-0.39, 0.29) is 5.91 Å². The molecule has 0 aromatic rings. The fraction of sp³-hybridized carbons (Fsp3) is 0.955. The summed E-state index contributed by atoms with van der Waals surface area (Å²) in [5.74, 6) is 0.144. The molecule has 0 aromatic heterocycles. The third-order valence-corrected chi connectivity index (χ3v) is 4.85. The fourth-order valence-corrected chi connectivity index (χ4v) is 3.11. The van der Waals surface area contributed by atoms with Gasteiger partial charge in [0.25, 0.3) is 0 Å². The largest absolute Gasteiger partial charge is 0.355 e. The Morgan fingerprint density at radius 1 is 0.560 bits per heavy atom. The molecule has 0 aromatic carbocycles. The van der Waals surface area contributed by atoms with Crippen molar-refractivity contribution in [1.29, 1.82) is 0 Å². The predicted molar refractivity (Wildman–Crippen MR) is 111 cm³/mol. The first-order chi connectivity index (χ1) is 12.3. The molecule has 0 aliphatic rings. The lowest BCUT2D eigenvalue weighted by Gasteiger charge is -2.06. The molecule has 0 aliphatic heterocycles. The van der Waals surface area contributed by atoms with Crippen LogP contribution in [0.1, 0.15) is 117 Å². The lowest BCUT2D eigenvalue weighted by atomic mass is 10.0. The second-order valence-electron chi connectivity index (χ2n) is 7.48. The molecule has 0 saturated carbocycles. The van der Waals surface area contributed by atoms with Crippen LogP contribution in [-0.4, -0.2) is 25.5 Å². The van der Waals surface area contributed by atoms with Gasteiger partial charge in [0.1, 0.15) is 0 Å². The zero-order valence-electron chi connectivity index (χ0n) is 17.3. The normalized spacial score (nSPS) is 11.0. The summed E-state index contributed by atoms with van der Waals surface area (Å²) in [5, 5.41) is 6.18. The van der Waals surface area contributed by atoms with Crippen LogP contribution in [0.2, 0.25) is 0 Å². The zero-order valence-corrected chi connectivity index (χ0v) is 17.3. The van der Waals surface area contributed by atoms with Crippen molar-refractivity contribution in [3.8, 4) is 0 Å². The van der Waals surface area contributed by atoms with Gasteiger partial charge in [-0.05, 0) is 19.4 Å². The van der Waals surface area contributed by atoms with Crippen molar-refractivity contribution in [2.24, 2.45) is 0 Å². The average molecular weight is 355 g/mol. The SMILES string of the molecule is CCCCCCCCCCCCCCCCNC(=O)CNCCCC. The van der Waals surface area contributed by atoms with Crippen molar-refractivity contribution in [1.82, 2.24) is 10.6 Å². The highest BCUT2D eigenvalue weighted by molar-refractivity contribution is 5.77. The maximum absolute atomic E-state index is 11.6. The quantitative estimate of drug-likeness (QED) is 0.264. The summed E-state index contributed by atoms with van der Waals surface area (Å²) in [7, 11) is 0. The highest BCUT2D eigenvalue weighted by Crippen LogP contribution is 2.12. The molecule has 0 unspecified atom stereocenters. The zero-order chi connectivity index (χ0) is 18.4. The van der Waals surface area contributed by atoms with Crippen LogP contribution in [-0.2, 0) is 4.79 Å². The van der Waals surface area contributed by atoms with Crippen molar-refractivity contribution in [3.05, 3.63) is 0 Å². The summed E-state index contributed by atoms with van der Waals surface area (Å²) in [5.41, 5.74) is 0. The Balaban J connectivity index is 3.08. The van der Waals surface area contributed by atoms with E-state index >= 15 is 0 Å². The Morgan fingerprint density at radius 2 is 1.00 bits per heavy atom.